The number of esters is 1. The van der Waals surface area contributed by atoms with Crippen molar-refractivity contribution in [3.63, 3.8) is 0 Å². The number of hydrogen-bond acceptors (Lipinski definition) is 5. The molecule has 1 aromatic rings. The first-order chi connectivity index (χ1) is 9.63. The molecule has 20 heavy (non-hydrogen) atoms. The molecule has 5 nitrogen and oxygen atoms in total. The van der Waals surface area contributed by atoms with E-state index in [1.807, 2.05) is 38.2 Å². The summed E-state index contributed by atoms with van der Waals surface area (Å²) in [5.74, 6) is 0.605. The van der Waals surface area contributed by atoms with Gasteiger partial charge in [0.15, 0.2) is 0 Å². The molecular formula is C15H24N2O3. The van der Waals surface area contributed by atoms with Gasteiger partial charge < -0.3 is 19.7 Å². The first-order valence-electron chi connectivity index (χ1n) is 6.79. The van der Waals surface area contributed by atoms with E-state index in [-0.39, 0.29) is 12.0 Å². The Kier molecular flexibility index (Phi) is 6.87. The molecule has 1 unspecified atom stereocenters. The lowest BCUT2D eigenvalue weighted by atomic mass is 10.2. The Balaban J connectivity index is 2.65. The minimum atomic E-state index is -0.276. The first kappa shape index (κ1) is 16.3. The van der Waals surface area contributed by atoms with E-state index in [0.29, 0.717) is 6.42 Å². The molecule has 1 N–H and O–H groups in total. The highest BCUT2D eigenvalue weighted by atomic mass is 16.5. The number of para-hydroxylation sites is 2. The number of likely N-dealkylation sites (N-methyl/N-ethyl adjacent to an activating group) is 1. The van der Waals surface area contributed by atoms with Gasteiger partial charge in [-0.2, -0.15) is 0 Å². The fraction of sp³-hybridized carbons (Fsp3) is 0.533. The molecule has 0 amide bonds. The molecule has 1 aromatic carbocycles. The van der Waals surface area contributed by atoms with E-state index in [9.17, 15) is 4.79 Å². The number of ether oxygens (including phenoxy) is 2. The Morgan fingerprint density at radius 3 is 2.65 bits per heavy atom. The number of methoxy groups -OCH3 is 2. The molecule has 0 aromatic heterocycles. The van der Waals surface area contributed by atoms with Crippen molar-refractivity contribution in [3.05, 3.63) is 24.3 Å². The largest absolute Gasteiger partial charge is 0.495 e. The molecule has 0 aliphatic rings. The summed E-state index contributed by atoms with van der Waals surface area (Å²) in [6.45, 7) is 3.44. The summed E-state index contributed by atoms with van der Waals surface area (Å²) in [6, 6.07) is 7.55. The SMILES string of the molecule is CCNC(CCN(C)c1ccccc1OC)C(=O)OC. The van der Waals surface area contributed by atoms with Crippen LogP contribution >= 0.6 is 0 Å². The number of carbonyl (C=O) groups excluding carboxylic acids is 1. The molecule has 0 aliphatic heterocycles. The summed E-state index contributed by atoms with van der Waals surface area (Å²) in [5.41, 5.74) is 1.01. The molecule has 0 radical (unpaired) electrons. The van der Waals surface area contributed by atoms with Gasteiger partial charge in [0.2, 0.25) is 0 Å². The average Bonchev–Trinajstić information content (AvgIpc) is 2.50. The Morgan fingerprint density at radius 2 is 2.05 bits per heavy atom. The maximum atomic E-state index is 11.6. The lowest BCUT2D eigenvalue weighted by Crippen LogP contribution is -2.40. The van der Waals surface area contributed by atoms with Crippen molar-refractivity contribution in [1.82, 2.24) is 5.32 Å². The first-order valence-corrected chi connectivity index (χ1v) is 6.79. The van der Waals surface area contributed by atoms with Crippen LogP contribution in [0.3, 0.4) is 0 Å². The third-order valence-electron chi connectivity index (χ3n) is 3.19. The van der Waals surface area contributed by atoms with Crippen LogP contribution in [0.5, 0.6) is 5.75 Å². The van der Waals surface area contributed by atoms with Crippen LogP contribution in [-0.4, -0.2) is 46.4 Å². The highest BCUT2D eigenvalue weighted by Crippen LogP contribution is 2.26. The second-order valence-electron chi connectivity index (χ2n) is 4.52. The second-order valence-corrected chi connectivity index (χ2v) is 4.52. The Hall–Kier alpha value is -1.75. The van der Waals surface area contributed by atoms with Gasteiger partial charge in [0, 0.05) is 13.6 Å². The minimum absolute atomic E-state index is 0.222. The highest BCUT2D eigenvalue weighted by Gasteiger charge is 2.18. The van der Waals surface area contributed by atoms with Gasteiger partial charge in [-0.05, 0) is 25.1 Å². The van der Waals surface area contributed by atoms with E-state index >= 15 is 0 Å². The number of carbonyl (C=O) groups is 1. The zero-order chi connectivity index (χ0) is 15.0. The topological polar surface area (TPSA) is 50.8 Å². The van der Waals surface area contributed by atoms with Crippen molar-refractivity contribution < 1.29 is 14.3 Å². The van der Waals surface area contributed by atoms with Crippen molar-refractivity contribution in [1.29, 1.82) is 0 Å². The summed E-state index contributed by atoms with van der Waals surface area (Å²) < 4.78 is 10.1. The van der Waals surface area contributed by atoms with Crippen LogP contribution in [0.15, 0.2) is 24.3 Å². The van der Waals surface area contributed by atoms with Crippen LogP contribution in [0.1, 0.15) is 13.3 Å². The summed E-state index contributed by atoms with van der Waals surface area (Å²) in [4.78, 5) is 13.7. The van der Waals surface area contributed by atoms with E-state index < -0.39 is 0 Å². The smallest absolute Gasteiger partial charge is 0.322 e. The van der Waals surface area contributed by atoms with Crippen LogP contribution in [0.4, 0.5) is 5.69 Å². The number of benzene rings is 1. The van der Waals surface area contributed by atoms with E-state index in [4.69, 9.17) is 9.47 Å². The molecular weight excluding hydrogens is 256 g/mol. The number of rotatable bonds is 8. The molecule has 0 saturated heterocycles. The van der Waals surface area contributed by atoms with Crippen molar-refractivity contribution in [3.8, 4) is 5.75 Å². The van der Waals surface area contributed by atoms with Crippen molar-refractivity contribution in [2.45, 2.75) is 19.4 Å². The lowest BCUT2D eigenvalue weighted by molar-refractivity contribution is -0.143. The monoisotopic (exact) mass is 280 g/mol. The van der Waals surface area contributed by atoms with Crippen LogP contribution in [-0.2, 0) is 9.53 Å². The van der Waals surface area contributed by atoms with Gasteiger partial charge >= 0.3 is 5.97 Å². The van der Waals surface area contributed by atoms with Crippen LogP contribution in [0, 0.1) is 0 Å². The predicted molar refractivity (Wildman–Crippen MR) is 80.4 cm³/mol. The summed E-state index contributed by atoms with van der Waals surface area (Å²) in [7, 11) is 5.05. The maximum Gasteiger partial charge on any atom is 0.322 e. The Morgan fingerprint density at radius 1 is 1.35 bits per heavy atom. The molecule has 0 fully saturated rings. The Labute approximate surface area is 120 Å². The molecule has 0 spiro atoms. The summed E-state index contributed by atoms with van der Waals surface area (Å²) in [5, 5.41) is 3.14. The van der Waals surface area contributed by atoms with Gasteiger partial charge in [0.25, 0.3) is 0 Å². The van der Waals surface area contributed by atoms with Gasteiger partial charge in [0.1, 0.15) is 11.8 Å². The highest BCUT2D eigenvalue weighted by molar-refractivity contribution is 5.75. The van der Waals surface area contributed by atoms with E-state index in [0.717, 1.165) is 24.5 Å². The third kappa shape index (κ3) is 4.42. The Bertz CT molecular complexity index is 423. The van der Waals surface area contributed by atoms with Crippen molar-refractivity contribution >= 4 is 11.7 Å². The van der Waals surface area contributed by atoms with Gasteiger partial charge in [0.05, 0.1) is 19.9 Å². The lowest BCUT2D eigenvalue weighted by Gasteiger charge is -2.24. The minimum Gasteiger partial charge on any atom is -0.495 e. The second kappa shape index (κ2) is 8.43. The van der Waals surface area contributed by atoms with E-state index in [1.54, 1.807) is 7.11 Å². The molecule has 1 rings (SSSR count). The fourth-order valence-electron chi connectivity index (χ4n) is 2.08. The van der Waals surface area contributed by atoms with Crippen molar-refractivity contribution in [2.75, 3.05) is 39.3 Å². The standard InChI is InChI=1S/C15H24N2O3/c1-5-16-12(15(18)20-4)10-11-17(2)13-8-6-7-9-14(13)19-3/h6-9,12,16H,5,10-11H2,1-4H3. The quantitative estimate of drug-likeness (QED) is 0.734. The number of anilines is 1. The molecule has 0 aliphatic carbocycles. The van der Waals surface area contributed by atoms with Crippen molar-refractivity contribution in [2.24, 2.45) is 0 Å². The van der Waals surface area contributed by atoms with E-state index in [2.05, 4.69) is 10.2 Å². The van der Waals surface area contributed by atoms with Crippen LogP contribution in [0.2, 0.25) is 0 Å². The zero-order valence-electron chi connectivity index (χ0n) is 12.7. The molecule has 112 valence electrons. The molecule has 1 atom stereocenters. The van der Waals surface area contributed by atoms with Gasteiger partial charge in [-0.1, -0.05) is 19.1 Å². The number of hydrogen-bond donors (Lipinski definition) is 1. The predicted octanol–water partition coefficient (Wildman–Crippen LogP) is 1.67. The van der Waals surface area contributed by atoms with E-state index in [1.165, 1.54) is 7.11 Å². The number of nitrogens with zero attached hydrogens (tertiary/aromatic N) is 1. The zero-order valence-corrected chi connectivity index (χ0v) is 12.7. The summed E-state index contributed by atoms with van der Waals surface area (Å²) in [6.07, 6.45) is 0.676. The van der Waals surface area contributed by atoms with Gasteiger partial charge in [-0.15, -0.1) is 0 Å². The number of nitrogens with one attached hydrogen (secondary N) is 1. The molecule has 5 heteroatoms. The summed E-state index contributed by atoms with van der Waals surface area (Å²) >= 11 is 0. The van der Waals surface area contributed by atoms with Gasteiger partial charge in [-0.3, -0.25) is 4.79 Å². The molecule has 0 saturated carbocycles. The third-order valence-corrected chi connectivity index (χ3v) is 3.19. The average molecular weight is 280 g/mol. The van der Waals surface area contributed by atoms with Crippen LogP contribution < -0.4 is 15.0 Å². The molecule has 0 bridgehead atoms. The molecule has 0 heterocycles. The maximum absolute atomic E-state index is 11.6. The fourth-order valence-corrected chi connectivity index (χ4v) is 2.08. The normalized spacial score (nSPS) is 11.8. The van der Waals surface area contributed by atoms with Crippen LogP contribution in [0.25, 0.3) is 0 Å². The van der Waals surface area contributed by atoms with Gasteiger partial charge in [-0.25, -0.2) is 0 Å².